The first-order chi connectivity index (χ1) is 10.2. The fraction of sp³-hybridized carbons (Fsp3) is 0.294. The molecule has 1 aliphatic rings. The van der Waals surface area contributed by atoms with E-state index in [9.17, 15) is 4.79 Å². The quantitative estimate of drug-likeness (QED) is 0.940. The molecule has 2 N–H and O–H groups in total. The molecule has 4 heteroatoms. The molecule has 1 amide bonds. The van der Waals surface area contributed by atoms with Crippen LogP contribution in [-0.2, 0) is 0 Å². The zero-order chi connectivity index (χ0) is 14.7. The van der Waals surface area contributed by atoms with Crippen molar-refractivity contribution >= 4 is 17.3 Å². The van der Waals surface area contributed by atoms with Gasteiger partial charge in [0.25, 0.3) is 5.69 Å². The van der Waals surface area contributed by atoms with Gasteiger partial charge in [-0.25, -0.2) is 4.98 Å². The molecule has 2 aromatic rings. The van der Waals surface area contributed by atoms with Gasteiger partial charge in [0.2, 0.25) is 0 Å². The summed E-state index contributed by atoms with van der Waals surface area (Å²) in [6.07, 6.45) is 4.28. The molecule has 2 heterocycles. The Morgan fingerprint density at radius 3 is 2.57 bits per heavy atom. The van der Waals surface area contributed by atoms with Crippen LogP contribution in [0.2, 0.25) is 0 Å². The minimum Gasteiger partial charge on any atom is -0.371 e. The smallest absolute Gasteiger partial charge is 0.320 e. The number of H-pyrrole nitrogens is 1. The third-order valence-electron chi connectivity index (χ3n) is 3.81. The van der Waals surface area contributed by atoms with Crippen LogP contribution >= 0.6 is 0 Å². The number of anilines is 2. The Labute approximate surface area is 124 Å². The Kier molecular flexibility index (Phi) is 3.86. The van der Waals surface area contributed by atoms with Crippen molar-refractivity contribution in [2.45, 2.75) is 19.8 Å². The molecule has 1 aromatic carbocycles. The first-order valence-electron chi connectivity index (χ1n) is 7.37. The maximum atomic E-state index is 12.3. The van der Waals surface area contributed by atoms with Gasteiger partial charge in [-0.15, -0.1) is 0 Å². The van der Waals surface area contributed by atoms with Gasteiger partial charge in [0, 0.05) is 36.6 Å². The highest BCUT2D eigenvalue weighted by Gasteiger charge is 2.18. The van der Waals surface area contributed by atoms with E-state index in [-0.39, 0.29) is 5.91 Å². The summed E-state index contributed by atoms with van der Waals surface area (Å²) in [5.41, 5.74) is 3.68. The van der Waals surface area contributed by atoms with Crippen LogP contribution in [0.3, 0.4) is 0 Å². The number of amides is 1. The van der Waals surface area contributed by atoms with Crippen molar-refractivity contribution < 1.29 is 9.78 Å². The lowest BCUT2D eigenvalue weighted by Gasteiger charge is -2.16. The molecule has 0 radical (unpaired) electrons. The molecule has 3 rings (SSSR count). The molecule has 0 aliphatic carbocycles. The molecule has 1 saturated heterocycles. The second-order valence-corrected chi connectivity index (χ2v) is 5.47. The lowest BCUT2D eigenvalue weighted by atomic mass is 10.2. The second-order valence-electron chi connectivity index (χ2n) is 5.47. The molecule has 0 unspecified atom stereocenters. The Morgan fingerprint density at radius 1 is 1.14 bits per heavy atom. The largest absolute Gasteiger partial charge is 0.371 e. The van der Waals surface area contributed by atoms with Crippen LogP contribution in [0, 0.1) is 6.92 Å². The highest BCUT2D eigenvalue weighted by molar-refractivity contribution is 6.02. The summed E-state index contributed by atoms with van der Waals surface area (Å²) in [6.45, 7) is 4.17. The van der Waals surface area contributed by atoms with Crippen LogP contribution in [0.1, 0.15) is 28.9 Å². The summed E-state index contributed by atoms with van der Waals surface area (Å²) in [5, 5.41) is 2.91. The molecule has 21 heavy (non-hydrogen) atoms. The summed E-state index contributed by atoms with van der Waals surface area (Å²) < 4.78 is 0. The standard InChI is InChI=1S/C17H19N3O/c1-13-4-6-14(7-5-13)19-17(21)16-12-15(8-9-18-16)20-10-2-3-11-20/h4-9,12H,2-3,10-11H2,1H3,(H,19,21)/p+1. The van der Waals surface area contributed by atoms with E-state index < -0.39 is 0 Å². The maximum absolute atomic E-state index is 12.3. The van der Waals surface area contributed by atoms with Gasteiger partial charge in [0.05, 0.1) is 0 Å². The van der Waals surface area contributed by atoms with E-state index in [2.05, 4.69) is 15.2 Å². The van der Waals surface area contributed by atoms with E-state index in [0.29, 0.717) is 5.69 Å². The van der Waals surface area contributed by atoms with Gasteiger partial charge in [-0.3, -0.25) is 4.79 Å². The molecular weight excluding hydrogens is 262 g/mol. The highest BCUT2D eigenvalue weighted by Crippen LogP contribution is 2.19. The number of nitrogens with one attached hydrogen (secondary N) is 2. The lowest BCUT2D eigenvalue weighted by molar-refractivity contribution is -0.381. The number of carbonyl (C=O) groups is 1. The summed E-state index contributed by atoms with van der Waals surface area (Å²) >= 11 is 0. The number of benzene rings is 1. The third kappa shape index (κ3) is 3.21. The Bertz CT molecular complexity index is 631. The molecule has 0 bridgehead atoms. The number of aromatic amines is 1. The van der Waals surface area contributed by atoms with Crippen LogP contribution in [0.15, 0.2) is 42.6 Å². The van der Waals surface area contributed by atoms with Crippen molar-refractivity contribution in [2.75, 3.05) is 23.3 Å². The second kappa shape index (κ2) is 5.95. The predicted molar refractivity (Wildman–Crippen MR) is 83.6 cm³/mol. The number of aryl methyl sites for hydroxylation is 1. The summed E-state index contributed by atoms with van der Waals surface area (Å²) in [4.78, 5) is 17.6. The van der Waals surface area contributed by atoms with Crippen LogP contribution in [0.25, 0.3) is 0 Å². The van der Waals surface area contributed by atoms with E-state index in [1.807, 2.05) is 49.5 Å². The average molecular weight is 282 g/mol. The number of aromatic nitrogens is 1. The van der Waals surface area contributed by atoms with Crippen LogP contribution < -0.4 is 15.2 Å². The molecule has 4 nitrogen and oxygen atoms in total. The van der Waals surface area contributed by atoms with Gasteiger partial charge >= 0.3 is 5.91 Å². The monoisotopic (exact) mass is 282 g/mol. The minimum atomic E-state index is -0.111. The van der Waals surface area contributed by atoms with E-state index in [1.165, 1.54) is 18.4 Å². The van der Waals surface area contributed by atoms with Crippen LogP contribution in [0.4, 0.5) is 11.4 Å². The average Bonchev–Trinajstić information content (AvgIpc) is 3.04. The molecule has 0 spiro atoms. The van der Waals surface area contributed by atoms with E-state index in [4.69, 9.17) is 0 Å². The molecular formula is C17H20N3O+. The molecule has 1 aliphatic heterocycles. The normalized spacial score (nSPS) is 14.2. The topological polar surface area (TPSA) is 46.5 Å². The Hall–Kier alpha value is -2.36. The fourth-order valence-corrected chi connectivity index (χ4v) is 2.59. The summed E-state index contributed by atoms with van der Waals surface area (Å²) in [7, 11) is 0. The molecule has 0 saturated carbocycles. The maximum Gasteiger partial charge on any atom is 0.320 e. The van der Waals surface area contributed by atoms with Gasteiger partial charge < -0.3 is 10.2 Å². The zero-order valence-corrected chi connectivity index (χ0v) is 12.2. The minimum absolute atomic E-state index is 0.111. The van der Waals surface area contributed by atoms with E-state index in [0.717, 1.165) is 24.5 Å². The molecule has 1 aromatic heterocycles. The van der Waals surface area contributed by atoms with Crippen molar-refractivity contribution in [1.29, 1.82) is 0 Å². The highest BCUT2D eigenvalue weighted by atomic mass is 16.1. The number of hydrogen-bond donors (Lipinski definition) is 1. The fourth-order valence-electron chi connectivity index (χ4n) is 2.59. The van der Waals surface area contributed by atoms with Crippen molar-refractivity contribution in [3.63, 3.8) is 0 Å². The zero-order valence-electron chi connectivity index (χ0n) is 12.2. The number of rotatable bonds is 3. The summed E-state index contributed by atoms with van der Waals surface area (Å²) in [5.74, 6) is -0.111. The van der Waals surface area contributed by atoms with Crippen molar-refractivity contribution in [3.05, 3.63) is 53.9 Å². The van der Waals surface area contributed by atoms with Crippen molar-refractivity contribution in [1.82, 2.24) is 0 Å². The van der Waals surface area contributed by atoms with Gasteiger partial charge in [-0.05, 0) is 31.9 Å². The third-order valence-corrected chi connectivity index (χ3v) is 3.81. The predicted octanol–water partition coefficient (Wildman–Crippen LogP) is 2.66. The summed E-state index contributed by atoms with van der Waals surface area (Å²) in [6, 6.07) is 11.7. The molecule has 1 fully saturated rings. The van der Waals surface area contributed by atoms with Crippen LogP contribution in [0.5, 0.6) is 0 Å². The Morgan fingerprint density at radius 2 is 1.86 bits per heavy atom. The molecule has 108 valence electrons. The van der Waals surface area contributed by atoms with Crippen molar-refractivity contribution in [3.8, 4) is 0 Å². The number of carbonyl (C=O) groups excluding carboxylic acids is 1. The Balaban J connectivity index is 1.74. The number of nitrogens with zero attached hydrogens (tertiary/aromatic N) is 1. The van der Waals surface area contributed by atoms with Crippen molar-refractivity contribution in [2.24, 2.45) is 0 Å². The SMILES string of the molecule is Cc1ccc(NC(=O)c2cc(N3CCCC3)cc[nH+]2)cc1. The molecule has 0 atom stereocenters. The number of hydrogen-bond acceptors (Lipinski definition) is 2. The van der Waals surface area contributed by atoms with Gasteiger partial charge in [0.1, 0.15) is 0 Å². The van der Waals surface area contributed by atoms with E-state index in [1.54, 1.807) is 0 Å². The first kappa shape index (κ1) is 13.6. The van der Waals surface area contributed by atoms with Gasteiger partial charge in [-0.1, -0.05) is 17.7 Å². The van der Waals surface area contributed by atoms with Gasteiger partial charge in [-0.2, -0.15) is 0 Å². The first-order valence-corrected chi connectivity index (χ1v) is 7.37. The van der Waals surface area contributed by atoms with Gasteiger partial charge in [0.15, 0.2) is 6.20 Å². The number of pyridine rings is 1. The lowest BCUT2D eigenvalue weighted by Crippen LogP contribution is -2.25. The van der Waals surface area contributed by atoms with Crippen LogP contribution in [-0.4, -0.2) is 19.0 Å². The van der Waals surface area contributed by atoms with E-state index >= 15 is 0 Å².